The zero-order valence-electron chi connectivity index (χ0n) is 15.7. The Labute approximate surface area is 179 Å². The van der Waals surface area contributed by atoms with Gasteiger partial charge in [0, 0.05) is 11.4 Å². The van der Waals surface area contributed by atoms with Crippen molar-refractivity contribution in [3.63, 3.8) is 0 Å². The van der Waals surface area contributed by atoms with Gasteiger partial charge in [0.2, 0.25) is 0 Å². The van der Waals surface area contributed by atoms with E-state index in [-0.39, 0.29) is 28.9 Å². The maximum atomic E-state index is 13.0. The first-order valence-corrected chi connectivity index (χ1v) is 10.1. The molecule has 0 N–H and O–H groups in total. The molecule has 3 amide bonds. The fraction of sp³-hybridized carbons (Fsp3) is 0.278. The summed E-state index contributed by atoms with van der Waals surface area (Å²) in [6, 6.07) is 8.24. The van der Waals surface area contributed by atoms with Crippen molar-refractivity contribution in [3.05, 3.63) is 46.6 Å². The minimum absolute atomic E-state index is 0.0198. The lowest BCUT2D eigenvalue weighted by molar-refractivity contribution is -0.123. The van der Waals surface area contributed by atoms with Gasteiger partial charge in [-0.15, -0.1) is 0 Å². The van der Waals surface area contributed by atoms with Crippen LogP contribution in [0.4, 0.5) is 23.7 Å². The van der Waals surface area contributed by atoms with Crippen molar-refractivity contribution in [1.29, 1.82) is 0 Å². The number of hydrogen-bond donors (Lipinski definition) is 0. The summed E-state index contributed by atoms with van der Waals surface area (Å²) < 4.78 is 38.2. The van der Waals surface area contributed by atoms with Gasteiger partial charge in [0.05, 0.1) is 5.69 Å². The van der Waals surface area contributed by atoms with Gasteiger partial charge in [0.15, 0.2) is 7.85 Å². The van der Waals surface area contributed by atoms with Crippen LogP contribution in [0.1, 0.15) is 19.4 Å². The van der Waals surface area contributed by atoms with Gasteiger partial charge < -0.3 is 4.90 Å². The van der Waals surface area contributed by atoms with Crippen molar-refractivity contribution < 1.29 is 22.8 Å². The minimum Gasteiger partial charge on any atom is -0.305 e. The van der Waals surface area contributed by atoms with Crippen molar-refractivity contribution in [2.45, 2.75) is 36.3 Å². The molecule has 11 heteroatoms. The molecule has 0 radical (unpaired) electrons. The number of halogens is 4. The van der Waals surface area contributed by atoms with E-state index in [2.05, 4.69) is 20.9 Å². The molecule has 0 spiro atoms. The number of carbonyl (C=O) groups excluding carboxylic acids is 2. The third-order valence-corrected chi connectivity index (χ3v) is 5.62. The van der Waals surface area contributed by atoms with Gasteiger partial charge >= 0.3 is 11.5 Å². The van der Waals surface area contributed by atoms with Crippen LogP contribution < -0.4 is 10.5 Å². The fourth-order valence-corrected chi connectivity index (χ4v) is 4.21. The van der Waals surface area contributed by atoms with E-state index in [1.165, 1.54) is 29.2 Å². The Hall–Kier alpha value is -2.01. The lowest BCUT2D eigenvalue weighted by atomic mass is 10.00. The maximum Gasteiger partial charge on any atom is 0.446 e. The number of nitrogens with zero attached hydrogens (tertiary/aromatic N) is 3. The van der Waals surface area contributed by atoms with E-state index in [4.69, 9.17) is 0 Å². The van der Waals surface area contributed by atoms with Crippen molar-refractivity contribution in [2.24, 2.45) is 0 Å². The van der Waals surface area contributed by atoms with Crippen LogP contribution in [0.2, 0.25) is 0 Å². The third-order valence-electron chi connectivity index (χ3n) is 4.47. The number of hydrogen-bond acceptors (Lipinski definition) is 4. The molecule has 1 saturated heterocycles. The number of aromatic nitrogens is 1. The zero-order chi connectivity index (χ0) is 21.6. The number of pyridine rings is 1. The van der Waals surface area contributed by atoms with Crippen LogP contribution >= 0.6 is 27.7 Å². The second kappa shape index (κ2) is 7.68. The SMILES string of the molecule is Bc1cc(CN2C(=O)N(c3ccc(SC(F)(F)F)cc3)C(=O)C2(C)C)cc(Br)n1. The van der Waals surface area contributed by atoms with Gasteiger partial charge in [-0.2, -0.15) is 13.2 Å². The molecule has 1 aliphatic heterocycles. The van der Waals surface area contributed by atoms with Gasteiger partial charge in [-0.1, -0.05) is 0 Å². The van der Waals surface area contributed by atoms with Crippen molar-refractivity contribution >= 4 is 58.8 Å². The normalized spacial score (nSPS) is 16.6. The van der Waals surface area contributed by atoms with E-state index in [0.29, 0.717) is 4.60 Å². The van der Waals surface area contributed by atoms with Crippen LogP contribution in [0.5, 0.6) is 0 Å². The highest BCUT2D eigenvalue weighted by Gasteiger charge is 2.51. The predicted octanol–water partition coefficient (Wildman–Crippen LogP) is 3.46. The molecule has 29 heavy (non-hydrogen) atoms. The van der Waals surface area contributed by atoms with Crippen LogP contribution in [0.15, 0.2) is 45.9 Å². The Morgan fingerprint density at radius 2 is 1.79 bits per heavy atom. The van der Waals surface area contributed by atoms with Crippen molar-refractivity contribution in [3.8, 4) is 0 Å². The largest absolute Gasteiger partial charge is 0.446 e. The average molecular weight is 486 g/mol. The monoisotopic (exact) mass is 485 g/mol. The van der Waals surface area contributed by atoms with E-state index < -0.39 is 23.0 Å². The van der Waals surface area contributed by atoms with Crippen LogP contribution in [0.25, 0.3) is 0 Å². The van der Waals surface area contributed by atoms with E-state index >= 15 is 0 Å². The van der Waals surface area contributed by atoms with Crippen LogP contribution in [-0.2, 0) is 11.3 Å². The molecule has 152 valence electrons. The number of rotatable bonds is 4. The number of imide groups is 1. The summed E-state index contributed by atoms with van der Waals surface area (Å²) >= 11 is 3.07. The van der Waals surface area contributed by atoms with E-state index in [1.54, 1.807) is 19.9 Å². The molecular weight excluding hydrogens is 470 g/mol. The molecule has 2 heterocycles. The summed E-state index contributed by atoms with van der Waals surface area (Å²) in [5.74, 6) is -0.441. The van der Waals surface area contributed by atoms with Crippen LogP contribution in [-0.4, -0.2) is 40.7 Å². The first-order chi connectivity index (χ1) is 13.4. The zero-order valence-corrected chi connectivity index (χ0v) is 18.2. The maximum absolute atomic E-state index is 13.0. The molecule has 2 aromatic rings. The van der Waals surface area contributed by atoms with Crippen LogP contribution in [0.3, 0.4) is 0 Å². The highest BCUT2D eigenvalue weighted by atomic mass is 79.9. The molecule has 5 nitrogen and oxygen atoms in total. The lowest BCUT2D eigenvalue weighted by Gasteiger charge is -2.27. The number of amides is 3. The summed E-state index contributed by atoms with van der Waals surface area (Å²) in [6.07, 6.45) is 0. The fourth-order valence-electron chi connectivity index (χ4n) is 3.10. The molecule has 0 aliphatic carbocycles. The molecule has 1 aromatic carbocycles. The molecule has 3 rings (SSSR count). The van der Waals surface area contributed by atoms with Gasteiger partial charge in [-0.25, -0.2) is 9.69 Å². The van der Waals surface area contributed by atoms with E-state index in [9.17, 15) is 22.8 Å². The lowest BCUT2D eigenvalue weighted by Crippen LogP contribution is -2.43. The Kier molecular flexibility index (Phi) is 5.74. The Morgan fingerprint density at radius 3 is 2.34 bits per heavy atom. The Morgan fingerprint density at radius 1 is 1.17 bits per heavy atom. The summed E-state index contributed by atoms with van der Waals surface area (Å²) in [5.41, 5.74) is -3.72. The number of urea groups is 1. The Balaban J connectivity index is 1.88. The summed E-state index contributed by atoms with van der Waals surface area (Å²) in [4.78, 5) is 32.6. The number of thioether (sulfide) groups is 1. The van der Waals surface area contributed by atoms with Crippen molar-refractivity contribution in [1.82, 2.24) is 9.88 Å². The van der Waals surface area contributed by atoms with E-state index in [0.717, 1.165) is 16.1 Å². The number of alkyl halides is 3. The average Bonchev–Trinajstić information content (AvgIpc) is 2.74. The quantitative estimate of drug-likeness (QED) is 0.288. The topological polar surface area (TPSA) is 53.5 Å². The van der Waals surface area contributed by atoms with Gasteiger partial charge in [-0.05, 0) is 89.1 Å². The molecular formula is C18H16BBrF3N3O2S. The molecule has 1 fully saturated rings. The highest BCUT2D eigenvalue weighted by molar-refractivity contribution is 9.10. The van der Waals surface area contributed by atoms with Gasteiger partial charge in [-0.3, -0.25) is 9.78 Å². The molecule has 0 bridgehead atoms. The summed E-state index contributed by atoms with van der Waals surface area (Å²) in [7, 11) is 1.82. The van der Waals surface area contributed by atoms with Crippen molar-refractivity contribution in [2.75, 3.05) is 4.90 Å². The molecule has 0 atom stereocenters. The van der Waals surface area contributed by atoms with Crippen LogP contribution in [0, 0.1) is 0 Å². The van der Waals surface area contributed by atoms with Gasteiger partial charge in [0.25, 0.3) is 5.91 Å². The summed E-state index contributed by atoms with van der Waals surface area (Å²) in [5, 5.41) is 0. The highest BCUT2D eigenvalue weighted by Crippen LogP contribution is 2.38. The second-order valence-corrected chi connectivity index (χ2v) is 9.00. The number of carbonyl (C=O) groups is 2. The molecule has 0 unspecified atom stereocenters. The standard InChI is InChI=1S/C18H16BBrF3N3O2S/c1-17(2)15(27)26(11-3-5-12(6-4-11)29-18(21,22)23)16(28)25(17)9-10-7-13(19)24-14(20)8-10/h3-8H,9,19H2,1-2H3. The second-order valence-electron chi connectivity index (χ2n) is 7.05. The first-order valence-electron chi connectivity index (χ1n) is 8.53. The first kappa shape index (κ1) is 21.7. The third kappa shape index (κ3) is 4.61. The minimum atomic E-state index is -4.41. The molecule has 1 aliphatic rings. The molecule has 0 saturated carbocycles. The Bertz CT molecular complexity index is 950. The smallest absolute Gasteiger partial charge is 0.305 e. The predicted molar refractivity (Wildman–Crippen MR) is 111 cm³/mol. The number of anilines is 1. The number of benzene rings is 1. The van der Waals surface area contributed by atoms with E-state index in [1.807, 2.05) is 13.9 Å². The summed E-state index contributed by atoms with van der Waals surface area (Å²) in [6.45, 7) is 3.48. The molecule has 1 aromatic heterocycles. The van der Waals surface area contributed by atoms with Gasteiger partial charge in [0.1, 0.15) is 10.1 Å².